The van der Waals surface area contributed by atoms with Gasteiger partial charge >= 0.3 is 0 Å². The first kappa shape index (κ1) is 17.1. The monoisotopic (exact) mass is 365 g/mol. The van der Waals surface area contributed by atoms with Gasteiger partial charge in [-0.05, 0) is 29.8 Å². The second-order valence-corrected chi connectivity index (χ2v) is 6.08. The lowest BCUT2D eigenvalue weighted by Crippen LogP contribution is -2.11. The molecule has 0 saturated carbocycles. The van der Waals surface area contributed by atoms with Crippen LogP contribution in [0.15, 0.2) is 47.4 Å². The van der Waals surface area contributed by atoms with E-state index in [2.05, 4.69) is 15.0 Å². The van der Waals surface area contributed by atoms with Gasteiger partial charge in [-0.1, -0.05) is 24.3 Å². The van der Waals surface area contributed by atoms with Gasteiger partial charge < -0.3 is 14.5 Å². The van der Waals surface area contributed by atoms with Gasteiger partial charge in [-0.25, -0.2) is 9.37 Å². The maximum Gasteiger partial charge on any atom is 0.260 e. The first-order chi connectivity index (χ1) is 13.1. The van der Waals surface area contributed by atoms with Crippen LogP contribution in [-0.2, 0) is 4.74 Å². The summed E-state index contributed by atoms with van der Waals surface area (Å²) in [7, 11) is 1.53. The molecule has 7 heteroatoms. The summed E-state index contributed by atoms with van der Waals surface area (Å²) in [5, 5.41) is 1.80. The second kappa shape index (κ2) is 6.77. The van der Waals surface area contributed by atoms with Crippen LogP contribution in [0.5, 0.6) is 5.75 Å². The summed E-state index contributed by atoms with van der Waals surface area (Å²) in [4.78, 5) is 23.0. The smallest absolute Gasteiger partial charge is 0.260 e. The quantitative estimate of drug-likeness (QED) is 0.560. The molecule has 0 spiro atoms. The molecule has 1 N–H and O–H groups in total. The van der Waals surface area contributed by atoms with Crippen LogP contribution in [0.4, 0.5) is 4.39 Å². The van der Waals surface area contributed by atoms with Crippen molar-refractivity contribution in [2.45, 2.75) is 6.92 Å². The minimum atomic E-state index is -0.643. The van der Waals surface area contributed by atoms with Crippen molar-refractivity contribution in [1.29, 1.82) is 0 Å². The highest BCUT2D eigenvalue weighted by Gasteiger charge is 2.17. The Labute approximate surface area is 153 Å². The number of H-pyrrole nitrogens is 1. The molecule has 136 valence electrons. The molecular weight excluding hydrogens is 349 g/mol. The number of rotatable bonds is 4. The molecule has 0 unspecified atom stereocenters. The van der Waals surface area contributed by atoms with Gasteiger partial charge in [-0.2, -0.15) is 0 Å². The minimum absolute atomic E-state index is 0.00598. The van der Waals surface area contributed by atoms with E-state index in [9.17, 15) is 4.79 Å². The molecule has 0 amide bonds. The fourth-order valence-corrected chi connectivity index (χ4v) is 3.06. The zero-order chi connectivity index (χ0) is 19.0. The Balaban J connectivity index is 2.01. The van der Waals surface area contributed by atoms with E-state index in [4.69, 9.17) is 9.47 Å². The predicted octanol–water partition coefficient (Wildman–Crippen LogP) is 3.57. The van der Waals surface area contributed by atoms with E-state index in [-0.39, 0.29) is 23.4 Å². The molecule has 2 heterocycles. The number of nitrogens with zero attached hydrogens (tertiary/aromatic N) is 2. The zero-order valence-electron chi connectivity index (χ0n) is 14.7. The summed E-state index contributed by atoms with van der Waals surface area (Å²) >= 11 is 0. The van der Waals surface area contributed by atoms with Crippen LogP contribution >= 0.6 is 0 Å². The SMILES string of the molecule is COCOc1cc(-c2ncc3c(=O)[nH]c(C)nc3c2F)c2ccccc2c1. The molecule has 6 nitrogen and oxygen atoms in total. The van der Waals surface area contributed by atoms with Gasteiger partial charge in [0.15, 0.2) is 12.6 Å². The first-order valence-corrected chi connectivity index (χ1v) is 8.28. The average molecular weight is 365 g/mol. The van der Waals surface area contributed by atoms with E-state index < -0.39 is 11.4 Å². The standard InChI is InChI=1S/C20H16FN3O3/c1-11-23-19-16(20(25)24-11)9-22-18(17(19)21)15-8-13(27-10-26-2)7-12-5-3-4-6-14(12)15/h3-9H,10H2,1-2H3,(H,23,24,25). The fourth-order valence-electron chi connectivity index (χ4n) is 3.06. The van der Waals surface area contributed by atoms with E-state index in [1.54, 1.807) is 13.0 Å². The lowest BCUT2D eigenvalue weighted by atomic mass is 10.0. The number of benzene rings is 2. The molecule has 0 fully saturated rings. The van der Waals surface area contributed by atoms with Crippen LogP contribution in [0.1, 0.15) is 5.82 Å². The maximum atomic E-state index is 15.3. The Morgan fingerprint density at radius 2 is 2.00 bits per heavy atom. The van der Waals surface area contributed by atoms with Crippen molar-refractivity contribution >= 4 is 21.7 Å². The summed E-state index contributed by atoms with van der Waals surface area (Å²) in [5.74, 6) is 0.225. The topological polar surface area (TPSA) is 77.1 Å². The third-order valence-corrected chi connectivity index (χ3v) is 4.25. The number of aromatic nitrogens is 3. The predicted molar refractivity (Wildman–Crippen MR) is 100 cm³/mol. The van der Waals surface area contributed by atoms with Gasteiger partial charge in [0.2, 0.25) is 0 Å². The van der Waals surface area contributed by atoms with Crippen molar-refractivity contribution in [3.8, 4) is 17.0 Å². The van der Waals surface area contributed by atoms with Crippen LogP contribution in [0.2, 0.25) is 0 Å². The minimum Gasteiger partial charge on any atom is -0.468 e. The fraction of sp³-hybridized carbons (Fsp3) is 0.150. The van der Waals surface area contributed by atoms with Crippen molar-refractivity contribution in [1.82, 2.24) is 15.0 Å². The van der Waals surface area contributed by atoms with Crippen LogP contribution < -0.4 is 10.3 Å². The molecule has 0 aliphatic rings. The molecule has 4 rings (SSSR count). The van der Waals surface area contributed by atoms with Crippen LogP contribution in [0.25, 0.3) is 32.9 Å². The summed E-state index contributed by atoms with van der Waals surface area (Å²) in [6.45, 7) is 1.68. The Morgan fingerprint density at radius 3 is 2.81 bits per heavy atom. The van der Waals surface area contributed by atoms with Gasteiger partial charge in [0.25, 0.3) is 5.56 Å². The molecule has 0 bridgehead atoms. The Hall–Kier alpha value is -3.32. The molecule has 0 aliphatic carbocycles. The molecule has 2 aromatic heterocycles. The number of nitrogens with one attached hydrogen (secondary N) is 1. The lowest BCUT2D eigenvalue weighted by molar-refractivity contribution is 0.0512. The number of ether oxygens (including phenoxy) is 2. The van der Waals surface area contributed by atoms with Crippen molar-refractivity contribution in [2.75, 3.05) is 13.9 Å². The molecule has 0 atom stereocenters. The number of hydrogen-bond acceptors (Lipinski definition) is 5. The van der Waals surface area contributed by atoms with Crippen molar-refractivity contribution in [3.05, 3.63) is 64.6 Å². The number of aryl methyl sites for hydroxylation is 1. The highest BCUT2D eigenvalue weighted by atomic mass is 19.1. The summed E-state index contributed by atoms with van der Waals surface area (Å²) < 4.78 is 25.8. The molecule has 4 aromatic rings. The van der Waals surface area contributed by atoms with E-state index in [0.29, 0.717) is 17.1 Å². The molecule has 2 aromatic carbocycles. The number of hydrogen-bond donors (Lipinski definition) is 1. The average Bonchev–Trinajstić information content (AvgIpc) is 2.66. The number of pyridine rings is 1. The third-order valence-electron chi connectivity index (χ3n) is 4.25. The van der Waals surface area contributed by atoms with Crippen LogP contribution in [0.3, 0.4) is 0 Å². The summed E-state index contributed by atoms with van der Waals surface area (Å²) in [6.07, 6.45) is 1.34. The highest BCUT2D eigenvalue weighted by Crippen LogP contribution is 2.34. The normalized spacial score (nSPS) is 11.2. The first-order valence-electron chi connectivity index (χ1n) is 8.28. The van der Waals surface area contributed by atoms with Crippen molar-refractivity contribution in [2.24, 2.45) is 0 Å². The van der Waals surface area contributed by atoms with E-state index in [1.807, 2.05) is 30.3 Å². The Morgan fingerprint density at radius 1 is 1.19 bits per heavy atom. The van der Waals surface area contributed by atoms with E-state index in [1.165, 1.54) is 13.3 Å². The second-order valence-electron chi connectivity index (χ2n) is 6.08. The number of aromatic amines is 1. The van der Waals surface area contributed by atoms with E-state index >= 15 is 4.39 Å². The highest BCUT2D eigenvalue weighted by molar-refractivity contribution is 5.98. The van der Waals surface area contributed by atoms with Gasteiger partial charge in [0.1, 0.15) is 22.8 Å². The van der Waals surface area contributed by atoms with Gasteiger partial charge in [0.05, 0.1) is 5.39 Å². The summed E-state index contributed by atoms with van der Waals surface area (Å²) in [5.41, 5.74) is 0.239. The van der Waals surface area contributed by atoms with Crippen LogP contribution in [0, 0.1) is 12.7 Å². The molecule has 0 radical (unpaired) electrons. The number of halogens is 1. The Bertz CT molecular complexity index is 1220. The van der Waals surface area contributed by atoms with Gasteiger partial charge in [-0.3, -0.25) is 9.78 Å². The van der Waals surface area contributed by atoms with Crippen LogP contribution in [-0.4, -0.2) is 28.9 Å². The summed E-state index contributed by atoms with van der Waals surface area (Å²) in [6, 6.07) is 11.1. The van der Waals surface area contributed by atoms with Crippen molar-refractivity contribution < 1.29 is 13.9 Å². The van der Waals surface area contributed by atoms with Gasteiger partial charge in [-0.15, -0.1) is 0 Å². The molecular formula is C20H16FN3O3. The largest absolute Gasteiger partial charge is 0.468 e. The molecule has 27 heavy (non-hydrogen) atoms. The Kier molecular flexibility index (Phi) is 4.29. The van der Waals surface area contributed by atoms with Crippen molar-refractivity contribution in [3.63, 3.8) is 0 Å². The zero-order valence-corrected chi connectivity index (χ0v) is 14.7. The third kappa shape index (κ3) is 3.02. The van der Waals surface area contributed by atoms with Gasteiger partial charge in [0, 0.05) is 18.9 Å². The number of fused-ring (bicyclic) bond motifs is 2. The lowest BCUT2D eigenvalue weighted by Gasteiger charge is -2.12. The molecule has 0 saturated heterocycles. The van der Waals surface area contributed by atoms with E-state index in [0.717, 1.165) is 10.8 Å². The number of methoxy groups -OCH3 is 1. The maximum absolute atomic E-state index is 15.3. The molecule has 0 aliphatic heterocycles.